The van der Waals surface area contributed by atoms with E-state index in [9.17, 15) is 8.42 Å². The molecular weight excluding hydrogens is 424 g/mol. The van der Waals surface area contributed by atoms with Crippen molar-refractivity contribution in [1.82, 2.24) is 0 Å². The van der Waals surface area contributed by atoms with E-state index >= 15 is 0 Å². The molecule has 0 radical (unpaired) electrons. The van der Waals surface area contributed by atoms with Gasteiger partial charge in [0.15, 0.2) is 0 Å². The Bertz CT molecular complexity index is 394. The summed E-state index contributed by atoms with van der Waals surface area (Å²) in [6.45, 7) is 4.98. The monoisotopic (exact) mass is 476 g/mol. The Kier molecular flexibility index (Phi) is 29.3. The Hall–Kier alpha value is 1.13. The third-order valence-corrected chi connectivity index (χ3v) is 6.36. The molecule has 0 spiro atoms. The second-order valence-electron chi connectivity index (χ2n) is 8.42. The molecule has 0 heterocycles. The first-order valence-corrected chi connectivity index (χ1v) is 14.0. The second kappa shape index (κ2) is 26.4. The van der Waals surface area contributed by atoms with Crippen molar-refractivity contribution in [2.45, 2.75) is 142 Å². The first-order chi connectivity index (χ1) is 14.1. The summed E-state index contributed by atoms with van der Waals surface area (Å²) in [6.07, 6.45) is 24.4. The number of hydrogen-bond acceptors (Lipinski definition) is 4. The Balaban J connectivity index is -0.00000131. The zero-order valence-corrected chi connectivity index (χ0v) is 23.3. The van der Waals surface area contributed by atoms with E-state index in [4.69, 9.17) is 8.37 Å². The second-order valence-corrected chi connectivity index (χ2v) is 9.70. The van der Waals surface area contributed by atoms with Gasteiger partial charge in [-0.15, -0.1) is 0 Å². The molecule has 6 heteroatoms. The molecule has 0 fully saturated rings. The van der Waals surface area contributed by atoms with Crippen LogP contribution < -0.4 is 0 Å². The van der Waals surface area contributed by atoms with Crippen LogP contribution in [0.4, 0.5) is 0 Å². The van der Waals surface area contributed by atoms with Gasteiger partial charge in [0.25, 0.3) is 0 Å². The van der Waals surface area contributed by atoms with E-state index in [1.807, 2.05) is 0 Å². The minimum atomic E-state index is -3.80. The quantitative estimate of drug-likeness (QED) is 0.105. The molecule has 0 aromatic carbocycles. The Labute approximate surface area is 221 Å². The fraction of sp³-hybridized carbons (Fsp3) is 1.00. The molecule has 0 rings (SSSR count). The van der Waals surface area contributed by atoms with Crippen LogP contribution in [-0.4, -0.2) is 59.4 Å². The van der Waals surface area contributed by atoms with Crippen molar-refractivity contribution in [2.75, 3.05) is 13.2 Å². The summed E-state index contributed by atoms with van der Waals surface area (Å²) in [4.78, 5) is 0. The Morgan fingerprint density at radius 2 is 0.700 bits per heavy atom. The third-order valence-electron chi connectivity index (χ3n) is 5.45. The van der Waals surface area contributed by atoms with Gasteiger partial charge in [-0.1, -0.05) is 129 Å². The van der Waals surface area contributed by atoms with Crippen LogP contribution >= 0.6 is 0 Å². The van der Waals surface area contributed by atoms with Crippen molar-refractivity contribution in [3.8, 4) is 0 Å². The largest absolute Gasteiger partial charge is 2.00 e. The molecule has 0 saturated carbocycles. The normalized spacial score (nSPS) is 11.5. The van der Waals surface area contributed by atoms with Gasteiger partial charge in [-0.3, -0.25) is 0 Å². The van der Waals surface area contributed by atoms with Crippen LogP contribution in [0.2, 0.25) is 0 Å². The smallest absolute Gasteiger partial charge is 1.00 e. The summed E-state index contributed by atoms with van der Waals surface area (Å²) in [5, 5.41) is 0. The van der Waals surface area contributed by atoms with Crippen LogP contribution in [0, 0.1) is 0 Å². The minimum Gasteiger partial charge on any atom is -1.00 e. The topological polar surface area (TPSA) is 52.6 Å². The first kappa shape index (κ1) is 33.3. The molecular formula is C24H52CaO4S. The molecule has 0 atom stereocenters. The number of rotatable bonds is 24. The van der Waals surface area contributed by atoms with Crippen LogP contribution in [0.25, 0.3) is 0 Å². The molecule has 0 N–H and O–H groups in total. The molecule has 4 nitrogen and oxygen atoms in total. The molecule has 0 amide bonds. The number of unbranched alkanes of at least 4 members (excludes halogenated alkanes) is 18. The van der Waals surface area contributed by atoms with Crippen molar-refractivity contribution in [2.24, 2.45) is 0 Å². The predicted octanol–water partition coefficient (Wildman–Crippen LogP) is 7.95. The maximum Gasteiger partial charge on any atom is 2.00 e. The van der Waals surface area contributed by atoms with Crippen molar-refractivity contribution < 1.29 is 19.6 Å². The number of hydrogen-bond donors (Lipinski definition) is 0. The fourth-order valence-corrected chi connectivity index (χ4v) is 4.25. The predicted molar refractivity (Wildman–Crippen MR) is 132 cm³/mol. The Morgan fingerprint density at radius 1 is 0.467 bits per heavy atom. The average Bonchev–Trinajstić information content (AvgIpc) is 2.70. The van der Waals surface area contributed by atoms with Gasteiger partial charge in [0.1, 0.15) is 0 Å². The molecule has 0 aromatic heterocycles. The maximum atomic E-state index is 11.7. The van der Waals surface area contributed by atoms with Crippen molar-refractivity contribution in [1.29, 1.82) is 0 Å². The fourth-order valence-electron chi connectivity index (χ4n) is 3.53. The Morgan fingerprint density at radius 3 is 0.967 bits per heavy atom. The summed E-state index contributed by atoms with van der Waals surface area (Å²) < 4.78 is 33.3. The van der Waals surface area contributed by atoms with Gasteiger partial charge in [0.05, 0.1) is 13.2 Å². The van der Waals surface area contributed by atoms with Gasteiger partial charge in [-0.25, -0.2) is 8.37 Å². The van der Waals surface area contributed by atoms with E-state index in [2.05, 4.69) is 13.8 Å². The standard InChI is InChI=1S/C24H50O4S.Ca.2H/c1-3-5-7-9-11-13-15-17-19-21-23-27-29(25,26)28-24-22-20-18-16-14-12-10-8-6-4-2;;;/h3-24H2,1-2H3;;;/q;+2;2*-1. The van der Waals surface area contributed by atoms with E-state index in [1.165, 1.54) is 89.9 Å². The van der Waals surface area contributed by atoms with Crippen LogP contribution in [0.15, 0.2) is 0 Å². The van der Waals surface area contributed by atoms with Crippen LogP contribution in [0.5, 0.6) is 0 Å². The molecule has 0 saturated heterocycles. The summed E-state index contributed by atoms with van der Waals surface area (Å²) in [5.41, 5.74) is 0. The van der Waals surface area contributed by atoms with Gasteiger partial charge in [-0.2, -0.15) is 8.42 Å². The molecule has 0 aromatic rings. The van der Waals surface area contributed by atoms with E-state index in [-0.39, 0.29) is 53.8 Å². The molecule has 30 heavy (non-hydrogen) atoms. The minimum absolute atomic E-state index is 0. The van der Waals surface area contributed by atoms with Crippen molar-refractivity contribution >= 4 is 48.1 Å². The summed E-state index contributed by atoms with van der Waals surface area (Å²) in [6, 6.07) is 0. The zero-order valence-electron chi connectivity index (χ0n) is 22.3. The van der Waals surface area contributed by atoms with Gasteiger partial charge >= 0.3 is 48.1 Å². The summed E-state index contributed by atoms with van der Waals surface area (Å²) in [7, 11) is -3.80. The van der Waals surface area contributed by atoms with Gasteiger partial charge in [0.2, 0.25) is 0 Å². The van der Waals surface area contributed by atoms with Crippen molar-refractivity contribution in [3.05, 3.63) is 0 Å². The van der Waals surface area contributed by atoms with Crippen LogP contribution in [0.3, 0.4) is 0 Å². The van der Waals surface area contributed by atoms with E-state index in [0.717, 1.165) is 38.5 Å². The van der Waals surface area contributed by atoms with E-state index in [0.29, 0.717) is 0 Å². The van der Waals surface area contributed by atoms with Gasteiger partial charge in [-0.05, 0) is 12.8 Å². The third kappa shape index (κ3) is 27.2. The van der Waals surface area contributed by atoms with Gasteiger partial charge in [0, 0.05) is 0 Å². The first-order valence-electron chi connectivity index (χ1n) is 12.7. The molecule has 0 unspecified atom stereocenters. The summed E-state index contributed by atoms with van der Waals surface area (Å²) in [5.74, 6) is 0. The SMILES string of the molecule is CCCCCCCCCCCCOS(=O)(=O)OCCCCCCCCCCCC.[Ca+2].[H-].[H-]. The average molecular weight is 477 g/mol. The molecule has 0 aliphatic heterocycles. The molecule has 180 valence electrons. The van der Waals surface area contributed by atoms with Gasteiger partial charge < -0.3 is 2.85 Å². The van der Waals surface area contributed by atoms with E-state index < -0.39 is 10.4 Å². The van der Waals surface area contributed by atoms with Crippen LogP contribution in [-0.2, 0) is 18.8 Å². The zero-order chi connectivity index (χ0) is 21.5. The van der Waals surface area contributed by atoms with Crippen molar-refractivity contribution in [3.63, 3.8) is 0 Å². The summed E-state index contributed by atoms with van der Waals surface area (Å²) >= 11 is 0. The maximum absolute atomic E-state index is 11.7. The van der Waals surface area contributed by atoms with Crippen LogP contribution in [0.1, 0.15) is 145 Å². The molecule has 0 bridgehead atoms. The molecule has 0 aliphatic carbocycles. The van der Waals surface area contributed by atoms with E-state index in [1.54, 1.807) is 0 Å². The molecule has 0 aliphatic rings.